The molecule has 0 aromatic heterocycles. The molecule has 6 nitrogen and oxygen atoms in total. The molecule has 2 N–H and O–H groups in total. The number of likely N-dealkylation sites (tertiary alicyclic amines) is 1. The molecule has 2 bridgehead atoms. The number of benzene rings is 1. The number of rotatable bonds is 2. The maximum Gasteiger partial charge on any atom is 0.186 e. The Morgan fingerprint density at radius 3 is 2.88 bits per heavy atom. The highest BCUT2D eigenvalue weighted by atomic mass is 32.2. The topological polar surface area (TPSA) is 79.2 Å². The molecule has 1 spiro atoms. The lowest BCUT2D eigenvalue weighted by atomic mass is 9.49. The fraction of sp³-hybridized carbons (Fsp3) is 0.579. The predicted molar refractivity (Wildman–Crippen MR) is 96.1 cm³/mol. The van der Waals surface area contributed by atoms with Crippen LogP contribution in [0.2, 0.25) is 0 Å². The Morgan fingerprint density at radius 1 is 1.42 bits per heavy atom. The molecule has 26 heavy (non-hydrogen) atoms. The second-order valence-electron chi connectivity index (χ2n) is 8.05. The number of likely N-dealkylation sites (N-methyl/N-ethyl adjacent to an activating group) is 1. The van der Waals surface area contributed by atoms with Crippen molar-refractivity contribution < 1.29 is 23.3 Å². The van der Waals surface area contributed by atoms with Crippen molar-refractivity contribution in [1.29, 1.82) is 0 Å². The number of piperidine rings is 1. The van der Waals surface area contributed by atoms with Gasteiger partial charge in [0.25, 0.3) is 0 Å². The highest BCUT2D eigenvalue weighted by molar-refractivity contribution is 7.79. The van der Waals surface area contributed by atoms with E-state index in [1.807, 2.05) is 13.0 Å². The largest absolute Gasteiger partial charge is 0.493 e. The second-order valence-corrected chi connectivity index (χ2v) is 8.99. The average molecular weight is 377 g/mol. The van der Waals surface area contributed by atoms with Crippen LogP contribution in [0, 0.1) is 5.92 Å². The van der Waals surface area contributed by atoms with Crippen molar-refractivity contribution >= 4 is 11.1 Å². The van der Waals surface area contributed by atoms with Gasteiger partial charge in [-0.3, -0.25) is 0 Å². The number of aliphatic hydroxyl groups excluding tert-OH is 1. The maximum absolute atomic E-state index is 12.1. The van der Waals surface area contributed by atoms with Crippen molar-refractivity contribution in [2.45, 2.75) is 47.8 Å². The fourth-order valence-corrected chi connectivity index (χ4v) is 6.57. The summed E-state index contributed by atoms with van der Waals surface area (Å²) in [5.74, 6) is 1.29. The summed E-state index contributed by atoms with van der Waals surface area (Å²) in [5, 5.41) is 10.9. The minimum Gasteiger partial charge on any atom is -0.493 e. The lowest BCUT2D eigenvalue weighted by Gasteiger charge is -2.60. The molecule has 140 valence electrons. The van der Waals surface area contributed by atoms with E-state index in [1.54, 1.807) is 13.2 Å². The standard InChI is InChI=1S/C19H23NO5S/c1-18-15(21)5-4-11-12-8-10-14(26(22)23)9-13(24-3)17(25-18)16(10)19(11,18)6-7-20(12)2/h4-5,9,11-12,15,21H,6-8H2,1-3H3,(H,22,23)/t11-,12+,15-,18-,19-/m0/s1. The normalized spacial score (nSPS) is 40.7. The fourth-order valence-electron chi connectivity index (χ4n) is 5.97. The van der Waals surface area contributed by atoms with E-state index in [4.69, 9.17) is 9.47 Å². The van der Waals surface area contributed by atoms with Gasteiger partial charge in [0.1, 0.15) is 11.7 Å². The van der Waals surface area contributed by atoms with E-state index in [-0.39, 0.29) is 12.0 Å². The summed E-state index contributed by atoms with van der Waals surface area (Å²) in [6.07, 6.45) is 4.76. The molecule has 2 aliphatic carbocycles. The summed E-state index contributed by atoms with van der Waals surface area (Å²) in [6.45, 7) is 2.87. The Kier molecular flexibility index (Phi) is 3.28. The minimum atomic E-state index is -2.11. The third-order valence-electron chi connectivity index (χ3n) is 7.25. The number of nitrogens with zero attached hydrogens (tertiary/aromatic N) is 1. The van der Waals surface area contributed by atoms with Crippen LogP contribution >= 0.6 is 0 Å². The Labute approximate surface area is 155 Å². The van der Waals surface area contributed by atoms with Crippen LogP contribution in [0.4, 0.5) is 0 Å². The number of ether oxygens (including phenoxy) is 2. The zero-order valence-corrected chi connectivity index (χ0v) is 15.9. The molecule has 0 saturated carbocycles. The number of aliphatic hydroxyl groups is 1. The molecule has 1 aromatic rings. The molecule has 2 heterocycles. The summed E-state index contributed by atoms with van der Waals surface area (Å²) < 4.78 is 34.0. The third kappa shape index (κ3) is 1.66. The molecule has 1 saturated heterocycles. The molecule has 1 fully saturated rings. The van der Waals surface area contributed by atoms with E-state index in [0.717, 1.165) is 24.1 Å². The predicted octanol–water partition coefficient (Wildman–Crippen LogP) is 1.47. The quantitative estimate of drug-likeness (QED) is 0.600. The van der Waals surface area contributed by atoms with E-state index >= 15 is 0 Å². The summed E-state index contributed by atoms with van der Waals surface area (Å²) in [7, 11) is 3.65. The van der Waals surface area contributed by atoms with Gasteiger partial charge in [-0.15, -0.1) is 0 Å². The van der Waals surface area contributed by atoms with Crippen molar-refractivity contribution in [3.8, 4) is 11.5 Å². The highest BCUT2D eigenvalue weighted by Gasteiger charge is 2.70. The van der Waals surface area contributed by atoms with Gasteiger partial charge in [0.2, 0.25) is 0 Å². The molecule has 0 radical (unpaired) electrons. The van der Waals surface area contributed by atoms with Crippen LogP contribution in [0.3, 0.4) is 0 Å². The average Bonchev–Trinajstić information content (AvgIpc) is 2.88. The Balaban J connectivity index is 1.90. The van der Waals surface area contributed by atoms with Crippen LogP contribution < -0.4 is 9.47 Å². The molecular weight excluding hydrogens is 354 g/mol. The minimum absolute atomic E-state index is 0.190. The third-order valence-corrected chi connectivity index (χ3v) is 7.99. The van der Waals surface area contributed by atoms with Crippen LogP contribution in [-0.2, 0) is 22.9 Å². The van der Waals surface area contributed by atoms with Crippen molar-refractivity contribution in [2.75, 3.05) is 20.7 Å². The van der Waals surface area contributed by atoms with E-state index < -0.39 is 28.2 Å². The Hall–Kier alpha value is -1.41. The van der Waals surface area contributed by atoms with Gasteiger partial charge in [0.05, 0.1) is 17.4 Å². The van der Waals surface area contributed by atoms with Gasteiger partial charge in [-0.05, 0) is 38.9 Å². The van der Waals surface area contributed by atoms with E-state index in [0.29, 0.717) is 22.8 Å². The Morgan fingerprint density at radius 2 is 2.19 bits per heavy atom. The molecule has 0 amide bonds. The first-order valence-electron chi connectivity index (χ1n) is 8.96. The number of hydrogen-bond donors (Lipinski definition) is 2. The smallest absolute Gasteiger partial charge is 0.186 e. The monoisotopic (exact) mass is 377 g/mol. The lowest BCUT2D eigenvalue weighted by molar-refractivity contribution is -0.110. The van der Waals surface area contributed by atoms with E-state index in [1.165, 1.54) is 0 Å². The first-order valence-corrected chi connectivity index (χ1v) is 10.1. The van der Waals surface area contributed by atoms with Gasteiger partial charge in [0.15, 0.2) is 22.6 Å². The van der Waals surface area contributed by atoms with Crippen molar-refractivity contribution in [2.24, 2.45) is 5.92 Å². The van der Waals surface area contributed by atoms with Gasteiger partial charge in [0, 0.05) is 23.6 Å². The second kappa shape index (κ2) is 5.10. The molecule has 1 unspecified atom stereocenters. The number of methoxy groups -OCH3 is 1. The summed E-state index contributed by atoms with van der Waals surface area (Å²) in [4.78, 5) is 2.73. The molecule has 1 aromatic carbocycles. The van der Waals surface area contributed by atoms with Gasteiger partial charge in [-0.1, -0.05) is 12.2 Å². The molecular formula is C19H23NO5S. The highest BCUT2D eigenvalue weighted by Crippen LogP contribution is 2.67. The first kappa shape index (κ1) is 16.7. The molecule has 6 atom stereocenters. The number of hydrogen-bond acceptors (Lipinski definition) is 5. The van der Waals surface area contributed by atoms with Crippen LogP contribution in [0.25, 0.3) is 0 Å². The van der Waals surface area contributed by atoms with Crippen LogP contribution in [0.15, 0.2) is 23.1 Å². The van der Waals surface area contributed by atoms with Crippen LogP contribution in [0.5, 0.6) is 11.5 Å². The molecule has 4 aliphatic rings. The SMILES string of the molecule is COc1cc(S(=O)O)c2c3c1O[C@@]1(C)[C@@H](O)C=C[C@H]4[C@@H](C2)N(C)CC[C@@]341. The first-order chi connectivity index (χ1) is 12.3. The molecule has 2 aliphatic heterocycles. The van der Waals surface area contributed by atoms with E-state index in [9.17, 15) is 13.9 Å². The maximum atomic E-state index is 12.1. The Bertz CT molecular complexity index is 870. The molecule has 7 heteroatoms. The van der Waals surface area contributed by atoms with Gasteiger partial charge >= 0.3 is 0 Å². The summed E-state index contributed by atoms with van der Waals surface area (Å²) in [6, 6.07) is 1.84. The van der Waals surface area contributed by atoms with Gasteiger partial charge in [-0.25, -0.2) is 4.21 Å². The van der Waals surface area contributed by atoms with Gasteiger partial charge < -0.3 is 24.0 Å². The lowest BCUT2D eigenvalue weighted by Crippen LogP contribution is -2.70. The van der Waals surface area contributed by atoms with Crippen LogP contribution in [-0.4, -0.2) is 57.2 Å². The summed E-state index contributed by atoms with van der Waals surface area (Å²) >= 11 is -2.11. The van der Waals surface area contributed by atoms with Gasteiger partial charge in [-0.2, -0.15) is 0 Å². The van der Waals surface area contributed by atoms with E-state index in [2.05, 4.69) is 18.0 Å². The molecule has 5 rings (SSSR count). The zero-order valence-electron chi connectivity index (χ0n) is 15.1. The van der Waals surface area contributed by atoms with Crippen molar-refractivity contribution in [3.05, 3.63) is 29.3 Å². The zero-order chi connectivity index (χ0) is 18.4. The van der Waals surface area contributed by atoms with Crippen molar-refractivity contribution in [1.82, 2.24) is 4.90 Å². The summed E-state index contributed by atoms with van der Waals surface area (Å²) in [5.41, 5.74) is 0.645. The van der Waals surface area contributed by atoms with Crippen LogP contribution in [0.1, 0.15) is 24.5 Å². The van der Waals surface area contributed by atoms with Crippen molar-refractivity contribution in [3.63, 3.8) is 0 Å².